The van der Waals surface area contributed by atoms with Crippen molar-refractivity contribution in [1.82, 2.24) is 19.2 Å². The first kappa shape index (κ1) is 14.6. The highest BCUT2D eigenvalue weighted by molar-refractivity contribution is 5.95. The lowest BCUT2D eigenvalue weighted by atomic mass is 9.80. The van der Waals surface area contributed by atoms with Gasteiger partial charge in [0.1, 0.15) is 11.6 Å². The van der Waals surface area contributed by atoms with Crippen LogP contribution in [-0.4, -0.2) is 24.9 Å². The third-order valence-corrected chi connectivity index (χ3v) is 5.21. The maximum absolute atomic E-state index is 12.9. The van der Waals surface area contributed by atoms with Crippen LogP contribution in [0.25, 0.3) is 5.78 Å². The molecule has 2 aliphatic rings. The third kappa shape index (κ3) is 2.23. The van der Waals surface area contributed by atoms with E-state index in [1.807, 2.05) is 6.92 Å². The maximum Gasteiger partial charge on any atom is 0.266 e. The molecule has 6 heteroatoms. The fourth-order valence-electron chi connectivity index (χ4n) is 3.59. The van der Waals surface area contributed by atoms with Crippen molar-refractivity contribution in [3.63, 3.8) is 0 Å². The third-order valence-electron chi connectivity index (χ3n) is 5.21. The first-order valence-electron chi connectivity index (χ1n) is 8.75. The molecule has 0 amide bonds. The molecule has 0 radical (unpaired) electrons. The molecule has 0 spiro atoms. The average molecular weight is 313 g/mol. The lowest BCUT2D eigenvalue weighted by Gasteiger charge is -2.25. The first-order chi connectivity index (χ1) is 11.2. The summed E-state index contributed by atoms with van der Waals surface area (Å²) in [5.74, 6) is 2.72. The molecule has 3 heterocycles. The van der Waals surface area contributed by atoms with E-state index in [0.717, 1.165) is 24.3 Å². The smallest absolute Gasteiger partial charge is 0.266 e. The van der Waals surface area contributed by atoms with Crippen LogP contribution in [0.5, 0.6) is 0 Å². The van der Waals surface area contributed by atoms with E-state index in [9.17, 15) is 4.79 Å². The monoisotopic (exact) mass is 313 g/mol. The quantitative estimate of drug-likeness (QED) is 0.797. The molecule has 2 aromatic heterocycles. The van der Waals surface area contributed by atoms with E-state index in [0.29, 0.717) is 23.9 Å². The number of hydrogen-bond donors (Lipinski definition) is 0. The molecule has 1 fully saturated rings. The van der Waals surface area contributed by atoms with E-state index in [1.165, 1.54) is 37.8 Å². The molecule has 0 atom stereocenters. The van der Waals surface area contributed by atoms with Gasteiger partial charge in [0.2, 0.25) is 5.78 Å². The van der Waals surface area contributed by atoms with Crippen LogP contribution in [0.4, 0.5) is 5.82 Å². The zero-order chi connectivity index (χ0) is 16.0. The summed E-state index contributed by atoms with van der Waals surface area (Å²) in [7, 11) is 0. The molecule has 1 saturated carbocycles. The molecule has 0 aromatic carbocycles. The van der Waals surface area contributed by atoms with Crippen LogP contribution in [0.1, 0.15) is 56.8 Å². The summed E-state index contributed by atoms with van der Waals surface area (Å²) in [6, 6.07) is 0. The van der Waals surface area contributed by atoms with Crippen LogP contribution in [0.15, 0.2) is 9.79 Å². The van der Waals surface area contributed by atoms with E-state index < -0.39 is 0 Å². The van der Waals surface area contributed by atoms with Gasteiger partial charge in [-0.3, -0.25) is 9.36 Å². The molecule has 0 unspecified atom stereocenters. The fourth-order valence-corrected chi connectivity index (χ4v) is 3.59. The molecule has 1 aliphatic carbocycles. The number of aryl methyl sites for hydroxylation is 2. The lowest BCUT2D eigenvalue weighted by Crippen LogP contribution is -2.25. The molecule has 1 aliphatic heterocycles. The summed E-state index contributed by atoms with van der Waals surface area (Å²) in [6.45, 7) is 4.88. The minimum Gasteiger partial charge on any atom is -0.294 e. The molecular weight excluding hydrogens is 290 g/mol. The predicted octanol–water partition coefficient (Wildman–Crippen LogP) is 2.82. The Morgan fingerprint density at radius 3 is 2.74 bits per heavy atom. The van der Waals surface area contributed by atoms with Gasteiger partial charge in [-0.25, -0.2) is 9.39 Å². The molecule has 6 nitrogen and oxygen atoms in total. The zero-order valence-electron chi connectivity index (χ0n) is 13.9. The van der Waals surface area contributed by atoms with Crippen molar-refractivity contribution in [3.8, 4) is 0 Å². The summed E-state index contributed by atoms with van der Waals surface area (Å²) in [4.78, 5) is 17.7. The molecule has 0 N–H and O–H groups in total. The standard InChI is InChI=1S/C17H23N5O/c1-3-4-5-9-21-15-13(10-14(18-15)12-7-6-8-12)16(23)22-11(2)19-20-17(21)22/h12H,3-10H2,1-2H3. The predicted molar refractivity (Wildman–Crippen MR) is 89.6 cm³/mol. The Hall–Kier alpha value is -1.98. The maximum atomic E-state index is 12.9. The summed E-state index contributed by atoms with van der Waals surface area (Å²) < 4.78 is 3.77. The average Bonchev–Trinajstić information content (AvgIpc) is 3.06. The van der Waals surface area contributed by atoms with Crippen LogP contribution in [0.3, 0.4) is 0 Å². The van der Waals surface area contributed by atoms with Crippen LogP contribution < -0.4 is 5.56 Å². The van der Waals surface area contributed by atoms with Gasteiger partial charge in [0, 0.05) is 18.7 Å². The van der Waals surface area contributed by atoms with E-state index in [-0.39, 0.29) is 5.56 Å². The number of unbranched alkanes of at least 4 members (excludes halogenated alkanes) is 2. The molecule has 23 heavy (non-hydrogen) atoms. The highest BCUT2D eigenvalue weighted by atomic mass is 16.1. The van der Waals surface area contributed by atoms with Gasteiger partial charge in [-0.2, -0.15) is 0 Å². The zero-order valence-corrected chi connectivity index (χ0v) is 13.9. The van der Waals surface area contributed by atoms with Crippen molar-refractivity contribution in [2.24, 2.45) is 10.9 Å². The summed E-state index contributed by atoms with van der Waals surface area (Å²) in [6.07, 6.45) is 7.83. The van der Waals surface area contributed by atoms with Crippen LogP contribution >= 0.6 is 0 Å². The normalized spacial score (nSPS) is 17.4. The van der Waals surface area contributed by atoms with E-state index in [1.54, 1.807) is 4.40 Å². The number of hydrogen-bond acceptors (Lipinski definition) is 4. The van der Waals surface area contributed by atoms with Crippen molar-refractivity contribution < 1.29 is 0 Å². The van der Waals surface area contributed by atoms with E-state index >= 15 is 0 Å². The minimum atomic E-state index is 0.0160. The highest BCUT2D eigenvalue weighted by Crippen LogP contribution is 2.35. The van der Waals surface area contributed by atoms with Crippen molar-refractivity contribution >= 4 is 17.3 Å². The Morgan fingerprint density at radius 2 is 2.04 bits per heavy atom. The van der Waals surface area contributed by atoms with E-state index in [4.69, 9.17) is 4.99 Å². The fraction of sp³-hybridized carbons (Fsp3) is 0.647. The SMILES string of the molecule is CCCCCn1c2c(c(=O)n3c(C)nnc13)CC(C1CCC1)=N2. The Bertz CT molecular complexity index is 841. The topological polar surface area (TPSA) is 64.5 Å². The van der Waals surface area contributed by atoms with Gasteiger partial charge >= 0.3 is 0 Å². The van der Waals surface area contributed by atoms with Gasteiger partial charge in [0.05, 0.1) is 5.56 Å². The number of aromatic nitrogens is 4. The van der Waals surface area contributed by atoms with Gasteiger partial charge in [0.15, 0.2) is 0 Å². The van der Waals surface area contributed by atoms with Gasteiger partial charge in [-0.1, -0.05) is 26.2 Å². The Labute approximate surface area is 135 Å². The first-order valence-corrected chi connectivity index (χ1v) is 8.75. The minimum absolute atomic E-state index is 0.0160. The summed E-state index contributed by atoms with van der Waals surface area (Å²) in [5.41, 5.74) is 2.05. The van der Waals surface area contributed by atoms with Gasteiger partial charge in [0.25, 0.3) is 5.56 Å². The van der Waals surface area contributed by atoms with Crippen molar-refractivity contribution in [2.75, 3.05) is 0 Å². The van der Waals surface area contributed by atoms with E-state index in [2.05, 4.69) is 21.7 Å². The second kappa shape index (κ2) is 5.58. The largest absolute Gasteiger partial charge is 0.294 e. The van der Waals surface area contributed by atoms with Gasteiger partial charge < -0.3 is 0 Å². The molecule has 0 bridgehead atoms. The van der Waals surface area contributed by atoms with Crippen LogP contribution in [0.2, 0.25) is 0 Å². The second-order valence-corrected chi connectivity index (χ2v) is 6.76. The highest BCUT2D eigenvalue weighted by Gasteiger charge is 2.31. The number of fused-ring (bicyclic) bond motifs is 2. The van der Waals surface area contributed by atoms with Crippen LogP contribution in [-0.2, 0) is 13.0 Å². The van der Waals surface area contributed by atoms with Gasteiger partial charge in [-0.05, 0) is 32.1 Å². The van der Waals surface area contributed by atoms with Crippen molar-refractivity contribution in [1.29, 1.82) is 0 Å². The molecule has 122 valence electrons. The molecule has 2 aromatic rings. The molecule has 0 saturated heterocycles. The van der Waals surface area contributed by atoms with Gasteiger partial charge in [-0.15, -0.1) is 10.2 Å². The van der Waals surface area contributed by atoms with Crippen molar-refractivity contribution in [3.05, 3.63) is 21.7 Å². The number of rotatable bonds is 5. The molecular formula is C17H23N5O. The summed E-state index contributed by atoms with van der Waals surface area (Å²) >= 11 is 0. The second-order valence-electron chi connectivity index (χ2n) is 6.76. The van der Waals surface area contributed by atoms with Crippen molar-refractivity contribution in [2.45, 2.75) is 65.3 Å². The Balaban J connectivity index is 1.85. The number of aliphatic imine (C=N–C) groups is 1. The van der Waals surface area contributed by atoms with Crippen LogP contribution in [0, 0.1) is 12.8 Å². The Kier molecular flexibility index (Phi) is 3.54. The summed E-state index contributed by atoms with van der Waals surface area (Å²) in [5, 5.41) is 8.36. The number of nitrogens with zero attached hydrogens (tertiary/aromatic N) is 5. The lowest BCUT2D eigenvalue weighted by molar-refractivity contribution is 0.411. The molecule has 4 rings (SSSR count). The Morgan fingerprint density at radius 1 is 1.22 bits per heavy atom.